The molecule has 1 unspecified atom stereocenters. The topological polar surface area (TPSA) is 46.0 Å². The number of aliphatic hydroxyl groups is 1. The van der Waals surface area contributed by atoms with Gasteiger partial charge in [0.05, 0.1) is 16.8 Å². The molecule has 2 aromatic heterocycles. The van der Waals surface area contributed by atoms with Crippen LogP contribution in [0.3, 0.4) is 0 Å². The molecule has 0 aliphatic rings. The molecule has 0 bridgehead atoms. The average Bonchev–Trinajstić information content (AvgIpc) is 2.58. The largest absolute Gasteiger partial charge is 0.388 e. The van der Waals surface area contributed by atoms with E-state index in [4.69, 9.17) is 0 Å². The molecule has 1 N–H and O–H groups in total. The Bertz CT molecular complexity index is 502. The quantitative estimate of drug-likeness (QED) is 0.908. The van der Waals surface area contributed by atoms with Crippen molar-refractivity contribution in [3.63, 3.8) is 0 Å². The second kappa shape index (κ2) is 4.94. The molecule has 17 heavy (non-hydrogen) atoms. The molecule has 1 atom stereocenters. The summed E-state index contributed by atoms with van der Waals surface area (Å²) in [6.45, 7) is 5.98. The SMILES string of the molecule is Cc1cc(C(O)Cc2nc(C)c(C)s2)ccn1. The van der Waals surface area contributed by atoms with Crippen molar-refractivity contribution in [2.45, 2.75) is 33.3 Å². The van der Waals surface area contributed by atoms with Crippen LogP contribution in [0.4, 0.5) is 0 Å². The molecule has 2 rings (SSSR count). The third kappa shape index (κ3) is 2.90. The van der Waals surface area contributed by atoms with Crippen molar-refractivity contribution in [1.29, 1.82) is 0 Å². The van der Waals surface area contributed by atoms with Crippen LogP contribution in [-0.4, -0.2) is 15.1 Å². The second-order valence-corrected chi connectivity index (χ2v) is 5.49. The van der Waals surface area contributed by atoms with Gasteiger partial charge < -0.3 is 5.11 Å². The van der Waals surface area contributed by atoms with E-state index < -0.39 is 6.10 Å². The Labute approximate surface area is 105 Å². The Morgan fingerprint density at radius 1 is 1.35 bits per heavy atom. The van der Waals surface area contributed by atoms with E-state index in [0.717, 1.165) is 22.0 Å². The summed E-state index contributed by atoms with van der Waals surface area (Å²) in [7, 11) is 0. The normalized spacial score (nSPS) is 12.7. The Balaban J connectivity index is 2.14. The number of pyridine rings is 1. The molecule has 90 valence electrons. The minimum Gasteiger partial charge on any atom is -0.388 e. The lowest BCUT2D eigenvalue weighted by atomic mass is 10.1. The van der Waals surface area contributed by atoms with Crippen LogP contribution < -0.4 is 0 Å². The Morgan fingerprint density at radius 2 is 2.12 bits per heavy atom. The first-order valence-corrected chi connectivity index (χ1v) is 6.41. The van der Waals surface area contributed by atoms with Gasteiger partial charge in [-0.15, -0.1) is 11.3 Å². The molecule has 0 fully saturated rings. The fourth-order valence-corrected chi connectivity index (χ4v) is 2.66. The molecule has 4 heteroatoms. The zero-order valence-corrected chi connectivity index (χ0v) is 11.1. The van der Waals surface area contributed by atoms with E-state index in [9.17, 15) is 5.11 Å². The lowest BCUT2D eigenvalue weighted by Crippen LogP contribution is -2.02. The van der Waals surface area contributed by atoms with Gasteiger partial charge in [0.15, 0.2) is 0 Å². The minimum absolute atomic E-state index is 0.498. The molecule has 3 nitrogen and oxygen atoms in total. The van der Waals surface area contributed by atoms with Gasteiger partial charge in [-0.05, 0) is 38.5 Å². The first-order valence-electron chi connectivity index (χ1n) is 5.60. The molecular weight excluding hydrogens is 232 g/mol. The summed E-state index contributed by atoms with van der Waals surface area (Å²) in [5.41, 5.74) is 2.89. The monoisotopic (exact) mass is 248 g/mol. The first-order chi connectivity index (χ1) is 8.06. The van der Waals surface area contributed by atoms with Gasteiger partial charge in [0.25, 0.3) is 0 Å². The van der Waals surface area contributed by atoms with Crippen LogP contribution in [0.1, 0.15) is 32.9 Å². The number of hydrogen-bond acceptors (Lipinski definition) is 4. The van der Waals surface area contributed by atoms with Gasteiger partial charge in [0, 0.05) is 23.2 Å². The molecular formula is C13H16N2OS. The zero-order chi connectivity index (χ0) is 12.4. The molecule has 0 saturated carbocycles. The predicted molar refractivity (Wildman–Crippen MR) is 69.2 cm³/mol. The number of hydrogen-bond donors (Lipinski definition) is 1. The summed E-state index contributed by atoms with van der Waals surface area (Å²) >= 11 is 1.65. The summed E-state index contributed by atoms with van der Waals surface area (Å²) in [6, 6.07) is 3.77. The van der Waals surface area contributed by atoms with Crippen molar-refractivity contribution < 1.29 is 5.11 Å². The lowest BCUT2D eigenvalue weighted by molar-refractivity contribution is 0.178. The van der Waals surface area contributed by atoms with Crippen molar-refractivity contribution >= 4 is 11.3 Å². The fourth-order valence-electron chi connectivity index (χ4n) is 1.68. The maximum atomic E-state index is 10.1. The summed E-state index contributed by atoms with van der Waals surface area (Å²) in [5, 5.41) is 11.1. The molecule has 0 aliphatic carbocycles. The Kier molecular flexibility index (Phi) is 3.54. The molecule has 0 radical (unpaired) electrons. The average molecular weight is 248 g/mol. The van der Waals surface area contributed by atoms with Crippen molar-refractivity contribution in [1.82, 2.24) is 9.97 Å². The summed E-state index contributed by atoms with van der Waals surface area (Å²) in [5.74, 6) is 0. The maximum Gasteiger partial charge on any atom is 0.0960 e. The smallest absolute Gasteiger partial charge is 0.0960 e. The number of rotatable bonds is 3. The van der Waals surface area contributed by atoms with E-state index in [1.165, 1.54) is 4.88 Å². The van der Waals surface area contributed by atoms with Gasteiger partial charge in [0.1, 0.15) is 0 Å². The van der Waals surface area contributed by atoms with Crippen LogP contribution in [0.2, 0.25) is 0 Å². The van der Waals surface area contributed by atoms with Crippen molar-refractivity contribution in [3.8, 4) is 0 Å². The van der Waals surface area contributed by atoms with E-state index in [-0.39, 0.29) is 0 Å². The number of nitrogens with zero attached hydrogens (tertiary/aromatic N) is 2. The molecule has 0 amide bonds. The standard InChI is InChI=1S/C13H16N2OS/c1-8-6-11(4-5-14-8)12(16)7-13-15-9(2)10(3)17-13/h4-6,12,16H,7H2,1-3H3. The Morgan fingerprint density at radius 3 is 2.71 bits per heavy atom. The molecule has 0 aromatic carbocycles. The van der Waals surface area contributed by atoms with Crippen LogP contribution in [0.25, 0.3) is 0 Å². The molecule has 0 aliphatic heterocycles. The van der Waals surface area contributed by atoms with Gasteiger partial charge in [-0.3, -0.25) is 4.98 Å². The zero-order valence-electron chi connectivity index (χ0n) is 10.3. The number of thiazole rings is 1. The maximum absolute atomic E-state index is 10.1. The molecule has 0 spiro atoms. The molecule has 0 saturated heterocycles. The summed E-state index contributed by atoms with van der Waals surface area (Å²) < 4.78 is 0. The van der Waals surface area contributed by atoms with Crippen LogP contribution >= 0.6 is 11.3 Å². The van der Waals surface area contributed by atoms with Crippen molar-refractivity contribution in [2.24, 2.45) is 0 Å². The molecule has 2 heterocycles. The highest BCUT2D eigenvalue weighted by Gasteiger charge is 2.12. The van der Waals surface area contributed by atoms with Gasteiger partial charge >= 0.3 is 0 Å². The Hall–Kier alpha value is -1.26. The first kappa shape index (κ1) is 12.2. The second-order valence-electron chi connectivity index (χ2n) is 4.20. The van der Waals surface area contributed by atoms with E-state index in [1.54, 1.807) is 17.5 Å². The van der Waals surface area contributed by atoms with E-state index >= 15 is 0 Å². The van der Waals surface area contributed by atoms with Crippen LogP contribution in [0.15, 0.2) is 18.3 Å². The van der Waals surface area contributed by atoms with Gasteiger partial charge in [-0.2, -0.15) is 0 Å². The molecule has 2 aromatic rings. The van der Waals surface area contributed by atoms with E-state index in [2.05, 4.69) is 16.9 Å². The summed E-state index contributed by atoms with van der Waals surface area (Å²) in [4.78, 5) is 9.78. The lowest BCUT2D eigenvalue weighted by Gasteiger charge is -2.09. The predicted octanol–water partition coefficient (Wildman–Crippen LogP) is 2.74. The highest BCUT2D eigenvalue weighted by Crippen LogP contribution is 2.23. The fraction of sp³-hybridized carbons (Fsp3) is 0.385. The highest BCUT2D eigenvalue weighted by molar-refractivity contribution is 7.11. The van der Waals surface area contributed by atoms with Crippen molar-refractivity contribution in [2.75, 3.05) is 0 Å². The van der Waals surface area contributed by atoms with Crippen molar-refractivity contribution in [3.05, 3.63) is 45.2 Å². The van der Waals surface area contributed by atoms with Gasteiger partial charge in [-0.1, -0.05) is 0 Å². The van der Waals surface area contributed by atoms with Crippen LogP contribution in [-0.2, 0) is 6.42 Å². The van der Waals surface area contributed by atoms with Crippen LogP contribution in [0, 0.1) is 20.8 Å². The minimum atomic E-state index is -0.498. The number of aliphatic hydroxyl groups excluding tert-OH is 1. The highest BCUT2D eigenvalue weighted by atomic mass is 32.1. The number of aryl methyl sites for hydroxylation is 3. The third-order valence-corrected chi connectivity index (χ3v) is 3.84. The van der Waals surface area contributed by atoms with E-state index in [1.807, 2.05) is 26.0 Å². The third-order valence-electron chi connectivity index (χ3n) is 2.75. The number of aromatic nitrogens is 2. The van der Waals surface area contributed by atoms with Gasteiger partial charge in [-0.25, -0.2) is 4.98 Å². The van der Waals surface area contributed by atoms with Crippen LogP contribution in [0.5, 0.6) is 0 Å². The summed E-state index contributed by atoms with van der Waals surface area (Å²) in [6.07, 6.45) is 1.80. The van der Waals surface area contributed by atoms with E-state index in [0.29, 0.717) is 6.42 Å². The van der Waals surface area contributed by atoms with Gasteiger partial charge in [0.2, 0.25) is 0 Å².